The van der Waals surface area contributed by atoms with Gasteiger partial charge in [-0.1, -0.05) is 0 Å². The molecule has 2 rings (SSSR count). The first kappa shape index (κ1) is 16.6. The minimum absolute atomic E-state index is 0.284. The number of carbonyl (C=O) groups is 1. The predicted molar refractivity (Wildman–Crippen MR) is 73.3 cm³/mol. The van der Waals surface area contributed by atoms with Crippen LogP contribution < -0.4 is 0 Å². The first-order valence-corrected chi connectivity index (χ1v) is 7.04. The van der Waals surface area contributed by atoms with E-state index in [0.717, 1.165) is 4.57 Å². The van der Waals surface area contributed by atoms with Gasteiger partial charge in [0, 0.05) is 25.7 Å². The largest absolute Gasteiger partial charge is 0.449 e. The Morgan fingerprint density at radius 2 is 1.91 bits per heavy atom. The quantitative estimate of drug-likeness (QED) is 0.737. The molecule has 1 amide bonds. The van der Waals surface area contributed by atoms with Crippen molar-refractivity contribution < 1.29 is 22.7 Å². The zero-order valence-corrected chi connectivity index (χ0v) is 13.3. The first-order chi connectivity index (χ1) is 9.92. The van der Waals surface area contributed by atoms with Crippen molar-refractivity contribution in [1.29, 1.82) is 0 Å². The number of ether oxygens (including phenoxy) is 1. The van der Waals surface area contributed by atoms with Crippen LogP contribution in [0.3, 0.4) is 0 Å². The molecule has 0 fully saturated rings. The van der Waals surface area contributed by atoms with Crippen molar-refractivity contribution in [2.24, 2.45) is 7.05 Å². The van der Waals surface area contributed by atoms with Crippen LogP contribution in [0.25, 0.3) is 0 Å². The van der Waals surface area contributed by atoms with Gasteiger partial charge in [0.2, 0.25) is 5.82 Å². The minimum Gasteiger partial charge on any atom is -0.444 e. The fraction of sp³-hybridized carbons (Fsp3) is 0.714. The number of halogens is 3. The van der Waals surface area contributed by atoms with Crippen molar-refractivity contribution in [1.82, 2.24) is 14.5 Å². The van der Waals surface area contributed by atoms with Gasteiger partial charge < -0.3 is 9.30 Å². The monoisotopic (exact) mass is 319 g/mol. The van der Waals surface area contributed by atoms with Crippen LogP contribution in [-0.4, -0.2) is 32.7 Å². The number of nitrogens with zero attached hydrogens (tertiary/aromatic N) is 3. The Labute approximate surface area is 127 Å². The first-order valence-electron chi connectivity index (χ1n) is 7.04. The molecule has 0 aliphatic carbocycles. The summed E-state index contributed by atoms with van der Waals surface area (Å²) in [7, 11) is 1.35. The average Bonchev–Trinajstić information content (AvgIpc) is 2.65. The Kier molecular flexibility index (Phi) is 3.91. The number of rotatable bonds is 0. The number of alkyl halides is 3. The van der Waals surface area contributed by atoms with E-state index >= 15 is 0 Å². The lowest BCUT2D eigenvalue weighted by Gasteiger charge is -2.34. The van der Waals surface area contributed by atoms with Gasteiger partial charge >= 0.3 is 12.3 Å². The molecular formula is C14H20F3N3O2. The molecule has 1 atom stereocenters. The molecule has 1 aromatic rings. The summed E-state index contributed by atoms with van der Waals surface area (Å²) >= 11 is 0. The number of carbonyl (C=O) groups excluding carboxylic acids is 1. The lowest BCUT2D eigenvalue weighted by Crippen LogP contribution is -2.42. The lowest BCUT2D eigenvalue weighted by atomic mass is 10.0. The molecule has 0 spiro atoms. The van der Waals surface area contributed by atoms with Gasteiger partial charge in [-0.15, -0.1) is 0 Å². The highest BCUT2D eigenvalue weighted by atomic mass is 19.4. The second-order valence-corrected chi connectivity index (χ2v) is 6.42. The zero-order chi connectivity index (χ0) is 16.9. The third kappa shape index (κ3) is 3.05. The normalized spacial score (nSPS) is 19.1. The van der Waals surface area contributed by atoms with Gasteiger partial charge in [0.1, 0.15) is 5.60 Å². The molecule has 0 N–H and O–H groups in total. The number of fused-ring (bicyclic) bond motifs is 1. The molecule has 22 heavy (non-hydrogen) atoms. The van der Waals surface area contributed by atoms with Crippen molar-refractivity contribution in [3.05, 3.63) is 17.2 Å². The third-order valence-electron chi connectivity index (χ3n) is 3.58. The highest BCUT2D eigenvalue weighted by Gasteiger charge is 2.41. The van der Waals surface area contributed by atoms with Gasteiger partial charge in [0.25, 0.3) is 0 Å². The van der Waals surface area contributed by atoms with Crippen molar-refractivity contribution >= 4 is 6.09 Å². The summed E-state index contributed by atoms with van der Waals surface area (Å²) in [5.41, 5.74) is 0.143. The van der Waals surface area contributed by atoms with Crippen LogP contribution in [0.4, 0.5) is 18.0 Å². The Morgan fingerprint density at radius 3 is 2.41 bits per heavy atom. The van der Waals surface area contributed by atoms with Crippen molar-refractivity contribution in [2.45, 2.75) is 51.9 Å². The number of amides is 1. The molecule has 0 saturated heterocycles. The molecule has 0 saturated carbocycles. The summed E-state index contributed by atoms with van der Waals surface area (Å²) in [6, 6.07) is -0.555. The van der Waals surface area contributed by atoms with Gasteiger partial charge in [0.15, 0.2) is 0 Å². The lowest BCUT2D eigenvalue weighted by molar-refractivity contribution is -0.146. The van der Waals surface area contributed by atoms with Crippen LogP contribution in [-0.2, 0) is 24.4 Å². The van der Waals surface area contributed by atoms with Gasteiger partial charge in [0.05, 0.1) is 11.7 Å². The van der Waals surface area contributed by atoms with Crippen LogP contribution >= 0.6 is 0 Å². The third-order valence-corrected chi connectivity index (χ3v) is 3.58. The highest BCUT2D eigenvalue weighted by Crippen LogP contribution is 2.35. The van der Waals surface area contributed by atoms with Crippen molar-refractivity contribution in [3.8, 4) is 0 Å². The van der Waals surface area contributed by atoms with Crippen molar-refractivity contribution in [3.63, 3.8) is 0 Å². The van der Waals surface area contributed by atoms with Crippen LogP contribution in [0, 0.1) is 0 Å². The van der Waals surface area contributed by atoms with Crippen LogP contribution in [0.15, 0.2) is 0 Å². The molecule has 0 radical (unpaired) electrons. The van der Waals surface area contributed by atoms with Gasteiger partial charge in [-0.05, 0) is 27.7 Å². The maximum atomic E-state index is 13.0. The number of hydrogen-bond acceptors (Lipinski definition) is 3. The van der Waals surface area contributed by atoms with Crippen LogP contribution in [0.5, 0.6) is 0 Å². The average molecular weight is 319 g/mol. The van der Waals surface area contributed by atoms with Gasteiger partial charge in [-0.2, -0.15) is 13.2 Å². The molecule has 0 bridgehead atoms. The second kappa shape index (κ2) is 5.17. The van der Waals surface area contributed by atoms with Crippen LogP contribution in [0.1, 0.15) is 50.9 Å². The van der Waals surface area contributed by atoms with Crippen LogP contribution in [0.2, 0.25) is 0 Å². The topological polar surface area (TPSA) is 47.4 Å². The smallest absolute Gasteiger partial charge is 0.444 e. The Morgan fingerprint density at radius 1 is 1.32 bits per heavy atom. The van der Waals surface area contributed by atoms with E-state index in [4.69, 9.17) is 4.74 Å². The van der Waals surface area contributed by atoms with Crippen molar-refractivity contribution in [2.75, 3.05) is 6.54 Å². The van der Waals surface area contributed by atoms with E-state index in [-0.39, 0.29) is 5.69 Å². The fourth-order valence-corrected chi connectivity index (χ4v) is 2.57. The Hall–Kier alpha value is -1.73. The number of imidazole rings is 1. The second-order valence-electron chi connectivity index (χ2n) is 6.42. The predicted octanol–water partition coefficient (Wildman–Crippen LogP) is 3.29. The molecule has 8 heteroatoms. The minimum atomic E-state index is -4.51. The molecular weight excluding hydrogens is 299 g/mol. The summed E-state index contributed by atoms with van der Waals surface area (Å²) in [6.45, 7) is 7.20. The Balaban J connectivity index is 2.31. The zero-order valence-electron chi connectivity index (χ0n) is 13.3. The van der Waals surface area contributed by atoms with E-state index in [1.807, 2.05) is 0 Å². The maximum absolute atomic E-state index is 13.0. The van der Waals surface area contributed by atoms with E-state index in [9.17, 15) is 18.0 Å². The molecule has 1 aliphatic heterocycles. The molecule has 1 unspecified atom stereocenters. The fourth-order valence-electron chi connectivity index (χ4n) is 2.57. The Bertz CT molecular complexity index is 587. The number of aromatic nitrogens is 2. The van der Waals surface area contributed by atoms with E-state index in [2.05, 4.69) is 4.98 Å². The van der Waals surface area contributed by atoms with E-state index < -0.39 is 29.7 Å². The van der Waals surface area contributed by atoms with Gasteiger partial charge in [-0.3, -0.25) is 4.90 Å². The summed E-state index contributed by atoms with van der Waals surface area (Å²) in [5.74, 6) is -0.935. The van der Waals surface area contributed by atoms with E-state index in [0.29, 0.717) is 18.7 Å². The molecule has 1 aliphatic rings. The molecule has 1 aromatic heterocycles. The molecule has 124 valence electrons. The molecule has 5 nitrogen and oxygen atoms in total. The summed E-state index contributed by atoms with van der Waals surface area (Å²) in [4.78, 5) is 17.3. The van der Waals surface area contributed by atoms with E-state index in [1.165, 1.54) is 11.9 Å². The summed E-state index contributed by atoms with van der Waals surface area (Å²) in [6.07, 6.45) is -4.73. The molecule has 2 heterocycles. The SMILES string of the molecule is CC1c2nc(C(F)(F)F)n(C)c2CCN1C(=O)OC(C)(C)C. The van der Waals surface area contributed by atoms with E-state index in [1.54, 1.807) is 27.7 Å². The maximum Gasteiger partial charge on any atom is 0.449 e. The summed E-state index contributed by atoms with van der Waals surface area (Å²) in [5, 5.41) is 0. The summed E-state index contributed by atoms with van der Waals surface area (Å²) < 4.78 is 45.2. The molecule has 0 aromatic carbocycles. The highest BCUT2D eigenvalue weighted by molar-refractivity contribution is 5.69. The number of hydrogen-bond donors (Lipinski definition) is 0. The van der Waals surface area contributed by atoms with Gasteiger partial charge in [-0.25, -0.2) is 9.78 Å². The standard InChI is InChI=1S/C14H20F3N3O2/c1-8-10-9(19(5)11(18-10)14(15,16)17)6-7-20(8)12(21)22-13(2,3)4/h8H,6-7H2,1-5H3.